The van der Waals surface area contributed by atoms with E-state index in [1.54, 1.807) is 13.4 Å². The van der Waals surface area contributed by atoms with Crippen LogP contribution in [0.25, 0.3) is 0 Å². The molecule has 0 atom stereocenters. The van der Waals surface area contributed by atoms with Crippen LogP contribution in [0.5, 0.6) is 11.5 Å². The first kappa shape index (κ1) is 24.3. The highest BCUT2D eigenvalue weighted by atomic mass is 127. The molecular formula is C21H32IN5O3. The number of aliphatic imine (C=N–C) groups is 1. The molecule has 0 radical (unpaired) electrons. The third-order valence-corrected chi connectivity index (χ3v) is 4.78. The van der Waals surface area contributed by atoms with E-state index in [9.17, 15) is 0 Å². The molecule has 0 saturated carbocycles. The van der Waals surface area contributed by atoms with Gasteiger partial charge >= 0.3 is 0 Å². The number of piperazine rings is 1. The maximum atomic E-state index is 5.78. The van der Waals surface area contributed by atoms with E-state index >= 15 is 0 Å². The fourth-order valence-electron chi connectivity index (χ4n) is 3.20. The zero-order valence-corrected chi connectivity index (χ0v) is 20.1. The first-order valence-corrected chi connectivity index (χ1v) is 10.2. The molecule has 1 aliphatic rings. The minimum atomic E-state index is 0. The van der Waals surface area contributed by atoms with Crippen molar-refractivity contribution in [3.05, 3.63) is 42.3 Å². The first-order chi connectivity index (χ1) is 14.3. The van der Waals surface area contributed by atoms with E-state index in [0.717, 1.165) is 75.4 Å². The minimum Gasteiger partial charge on any atom is -0.497 e. The number of guanidine groups is 1. The van der Waals surface area contributed by atoms with E-state index in [4.69, 9.17) is 19.0 Å². The Morgan fingerprint density at radius 1 is 1.13 bits per heavy atom. The molecular weight excluding hydrogens is 497 g/mol. The van der Waals surface area contributed by atoms with Crippen LogP contribution in [0.3, 0.4) is 0 Å². The fraction of sp³-hybridized carbons (Fsp3) is 0.524. The molecule has 0 bridgehead atoms. The van der Waals surface area contributed by atoms with Gasteiger partial charge in [0.05, 0.1) is 19.4 Å². The van der Waals surface area contributed by atoms with Gasteiger partial charge in [0.1, 0.15) is 17.8 Å². The van der Waals surface area contributed by atoms with E-state index in [0.29, 0.717) is 6.61 Å². The molecule has 8 nitrogen and oxygen atoms in total. The summed E-state index contributed by atoms with van der Waals surface area (Å²) in [6.07, 6.45) is 2.49. The number of methoxy groups -OCH3 is 1. The van der Waals surface area contributed by atoms with Crippen LogP contribution in [0.1, 0.15) is 19.0 Å². The molecule has 3 rings (SSSR count). The van der Waals surface area contributed by atoms with Gasteiger partial charge in [-0.25, -0.2) is 0 Å². The lowest BCUT2D eigenvalue weighted by atomic mass is 10.3. The van der Waals surface area contributed by atoms with Crippen molar-refractivity contribution >= 4 is 29.9 Å². The van der Waals surface area contributed by atoms with Gasteiger partial charge in [-0.15, -0.1) is 24.0 Å². The highest BCUT2D eigenvalue weighted by molar-refractivity contribution is 14.0. The molecule has 1 saturated heterocycles. The lowest BCUT2D eigenvalue weighted by Crippen LogP contribution is -2.52. The Labute approximate surface area is 195 Å². The number of aromatic nitrogens is 1. The van der Waals surface area contributed by atoms with E-state index < -0.39 is 0 Å². The highest BCUT2D eigenvalue weighted by Gasteiger charge is 2.20. The lowest BCUT2D eigenvalue weighted by Gasteiger charge is -2.36. The number of nitrogens with one attached hydrogen (secondary N) is 1. The molecule has 9 heteroatoms. The summed E-state index contributed by atoms with van der Waals surface area (Å²) < 4.78 is 15.9. The summed E-state index contributed by atoms with van der Waals surface area (Å²) in [5.41, 5.74) is 0.982. The van der Waals surface area contributed by atoms with Gasteiger partial charge in [0.25, 0.3) is 0 Å². The summed E-state index contributed by atoms with van der Waals surface area (Å²) in [6, 6.07) is 9.57. The number of benzene rings is 1. The van der Waals surface area contributed by atoms with Gasteiger partial charge in [-0.2, -0.15) is 0 Å². The molecule has 1 aromatic heterocycles. The Kier molecular flexibility index (Phi) is 10.8. The predicted molar refractivity (Wildman–Crippen MR) is 128 cm³/mol. The SMILES string of the molecule is CCNC(=NCCCOc1ccc(OC)cc1)N1CCN(Cc2ccon2)CC1.I. The van der Waals surface area contributed by atoms with Gasteiger partial charge in [-0.1, -0.05) is 5.16 Å². The molecule has 166 valence electrons. The number of rotatable bonds is 9. The average molecular weight is 529 g/mol. The number of hydrogen-bond acceptors (Lipinski definition) is 6. The Morgan fingerprint density at radius 3 is 2.50 bits per heavy atom. The minimum absolute atomic E-state index is 0. The van der Waals surface area contributed by atoms with E-state index in [-0.39, 0.29) is 24.0 Å². The molecule has 30 heavy (non-hydrogen) atoms. The van der Waals surface area contributed by atoms with Crippen molar-refractivity contribution < 1.29 is 14.0 Å². The maximum Gasteiger partial charge on any atom is 0.194 e. The molecule has 1 fully saturated rings. The van der Waals surface area contributed by atoms with Crippen LogP contribution in [0.15, 0.2) is 46.1 Å². The summed E-state index contributed by atoms with van der Waals surface area (Å²) in [4.78, 5) is 9.50. The normalized spacial score (nSPS) is 14.9. The maximum absolute atomic E-state index is 5.78. The molecule has 1 aromatic carbocycles. The van der Waals surface area contributed by atoms with E-state index in [2.05, 4.69) is 27.2 Å². The van der Waals surface area contributed by atoms with Crippen molar-refractivity contribution in [2.75, 3.05) is 53.0 Å². The summed E-state index contributed by atoms with van der Waals surface area (Å²) in [6.45, 7) is 9.04. The van der Waals surface area contributed by atoms with E-state index in [1.165, 1.54) is 0 Å². The molecule has 0 amide bonds. The van der Waals surface area contributed by atoms with Gasteiger partial charge in [0.2, 0.25) is 0 Å². The molecule has 2 heterocycles. The van der Waals surface area contributed by atoms with Gasteiger partial charge in [0.15, 0.2) is 5.96 Å². The van der Waals surface area contributed by atoms with Crippen LogP contribution in [-0.4, -0.2) is 73.9 Å². The van der Waals surface area contributed by atoms with Crippen LogP contribution < -0.4 is 14.8 Å². The third kappa shape index (κ3) is 7.67. The van der Waals surface area contributed by atoms with Crippen LogP contribution in [0.4, 0.5) is 0 Å². The summed E-state index contributed by atoms with van der Waals surface area (Å²) in [7, 11) is 1.66. The molecule has 1 aliphatic heterocycles. The van der Waals surface area contributed by atoms with Crippen LogP contribution in [0.2, 0.25) is 0 Å². The summed E-state index contributed by atoms with van der Waals surface area (Å²) >= 11 is 0. The molecule has 1 N–H and O–H groups in total. The van der Waals surface area contributed by atoms with Crippen molar-refractivity contribution in [2.45, 2.75) is 19.9 Å². The van der Waals surface area contributed by atoms with Crippen molar-refractivity contribution in [3.63, 3.8) is 0 Å². The average Bonchev–Trinajstić information content (AvgIpc) is 3.27. The largest absolute Gasteiger partial charge is 0.497 e. The van der Waals surface area contributed by atoms with Crippen LogP contribution >= 0.6 is 24.0 Å². The second-order valence-corrected chi connectivity index (χ2v) is 6.87. The molecule has 0 spiro atoms. The Morgan fingerprint density at radius 2 is 1.87 bits per heavy atom. The second-order valence-electron chi connectivity index (χ2n) is 6.87. The van der Waals surface area contributed by atoms with Crippen molar-refractivity contribution in [1.82, 2.24) is 20.3 Å². The van der Waals surface area contributed by atoms with Gasteiger partial charge in [-0.05, 0) is 31.2 Å². The predicted octanol–water partition coefficient (Wildman–Crippen LogP) is 2.85. The van der Waals surface area contributed by atoms with Gasteiger partial charge in [-0.3, -0.25) is 9.89 Å². The van der Waals surface area contributed by atoms with Crippen LogP contribution in [0, 0.1) is 0 Å². The lowest BCUT2D eigenvalue weighted by molar-refractivity contribution is 0.169. The van der Waals surface area contributed by atoms with E-state index in [1.807, 2.05) is 30.3 Å². The number of ether oxygens (including phenoxy) is 2. The number of hydrogen-bond donors (Lipinski definition) is 1. The summed E-state index contributed by atoms with van der Waals surface area (Å²) in [5, 5.41) is 7.41. The van der Waals surface area contributed by atoms with Gasteiger partial charge < -0.3 is 24.2 Å². The Hall–Kier alpha value is -2.01. The monoisotopic (exact) mass is 529 g/mol. The van der Waals surface area contributed by atoms with Crippen molar-refractivity contribution in [2.24, 2.45) is 4.99 Å². The number of halogens is 1. The van der Waals surface area contributed by atoms with Crippen molar-refractivity contribution in [3.8, 4) is 11.5 Å². The zero-order valence-electron chi connectivity index (χ0n) is 17.7. The van der Waals surface area contributed by atoms with Crippen molar-refractivity contribution in [1.29, 1.82) is 0 Å². The van der Waals surface area contributed by atoms with Crippen LogP contribution in [-0.2, 0) is 6.54 Å². The fourth-order valence-corrected chi connectivity index (χ4v) is 3.20. The molecule has 0 aliphatic carbocycles. The topological polar surface area (TPSA) is 75.4 Å². The first-order valence-electron chi connectivity index (χ1n) is 10.2. The smallest absolute Gasteiger partial charge is 0.194 e. The standard InChI is InChI=1S/C21H31N5O3.HI/c1-3-22-21(23-10-4-15-28-20-7-5-19(27-2)6-8-20)26-13-11-25(12-14-26)17-18-9-16-29-24-18;/h5-9,16H,3-4,10-15,17H2,1-2H3,(H,22,23);1H. The summed E-state index contributed by atoms with van der Waals surface area (Å²) in [5.74, 6) is 2.67. The highest BCUT2D eigenvalue weighted by Crippen LogP contribution is 2.17. The molecule has 2 aromatic rings. The van der Waals surface area contributed by atoms with Gasteiger partial charge in [0, 0.05) is 58.3 Å². The Balaban J connectivity index is 0.00000320. The quantitative estimate of drug-likeness (QED) is 0.232. The zero-order chi connectivity index (χ0) is 20.3. The number of nitrogens with zero attached hydrogens (tertiary/aromatic N) is 4. The Bertz CT molecular complexity index is 732. The molecule has 0 unspecified atom stereocenters. The second kappa shape index (κ2) is 13.3. The third-order valence-electron chi connectivity index (χ3n) is 4.78.